The van der Waals surface area contributed by atoms with Crippen LogP contribution in [-0.2, 0) is 0 Å². The second kappa shape index (κ2) is 5.06. The van der Waals surface area contributed by atoms with Crippen LogP contribution in [0.15, 0.2) is 30.3 Å². The number of phenolic OH excluding ortho intramolecular Hbond substituents is 1. The van der Waals surface area contributed by atoms with E-state index in [0.29, 0.717) is 17.4 Å². The van der Waals surface area contributed by atoms with Crippen molar-refractivity contribution in [3.8, 4) is 5.75 Å². The molecule has 2 N–H and O–H groups in total. The van der Waals surface area contributed by atoms with Crippen LogP contribution in [0.2, 0.25) is 0 Å². The van der Waals surface area contributed by atoms with E-state index in [4.69, 9.17) is 0 Å². The SMILES string of the molecule is Cc1ccc(NC2CC(C)c3c(C)ccc(O)c32)c(F)c1. The van der Waals surface area contributed by atoms with Crippen LogP contribution in [0.1, 0.15) is 47.6 Å². The van der Waals surface area contributed by atoms with E-state index in [1.54, 1.807) is 12.1 Å². The van der Waals surface area contributed by atoms with Crippen LogP contribution in [-0.4, -0.2) is 5.11 Å². The number of hydrogen-bond acceptors (Lipinski definition) is 2. The molecule has 1 aliphatic carbocycles. The van der Waals surface area contributed by atoms with Gasteiger partial charge in [-0.1, -0.05) is 19.1 Å². The van der Waals surface area contributed by atoms with Crippen LogP contribution in [0.25, 0.3) is 0 Å². The van der Waals surface area contributed by atoms with Crippen LogP contribution >= 0.6 is 0 Å². The molecular weight excluding hydrogens is 265 g/mol. The monoisotopic (exact) mass is 285 g/mol. The zero-order valence-corrected chi connectivity index (χ0v) is 12.6. The van der Waals surface area contributed by atoms with Crippen LogP contribution in [0.4, 0.5) is 10.1 Å². The van der Waals surface area contributed by atoms with Gasteiger partial charge in [-0.15, -0.1) is 0 Å². The number of phenols is 1. The molecule has 3 rings (SSSR count). The maximum Gasteiger partial charge on any atom is 0.146 e. The Morgan fingerprint density at radius 2 is 1.90 bits per heavy atom. The van der Waals surface area contributed by atoms with E-state index >= 15 is 0 Å². The van der Waals surface area contributed by atoms with Gasteiger partial charge in [-0.25, -0.2) is 4.39 Å². The zero-order chi connectivity index (χ0) is 15.1. The first-order valence-electron chi connectivity index (χ1n) is 7.32. The number of aromatic hydroxyl groups is 1. The maximum absolute atomic E-state index is 14.0. The number of fused-ring (bicyclic) bond motifs is 1. The van der Waals surface area contributed by atoms with Crippen molar-refractivity contribution < 1.29 is 9.50 Å². The van der Waals surface area contributed by atoms with Gasteiger partial charge in [0.1, 0.15) is 11.6 Å². The van der Waals surface area contributed by atoms with E-state index in [1.807, 2.05) is 19.1 Å². The van der Waals surface area contributed by atoms with Crippen LogP contribution in [0, 0.1) is 19.7 Å². The molecule has 2 aromatic rings. The number of halogens is 1. The highest BCUT2D eigenvalue weighted by Crippen LogP contribution is 2.47. The Balaban J connectivity index is 1.98. The molecule has 3 heteroatoms. The minimum absolute atomic E-state index is 0.0490. The van der Waals surface area contributed by atoms with Gasteiger partial charge in [0.05, 0.1) is 11.7 Å². The van der Waals surface area contributed by atoms with E-state index in [-0.39, 0.29) is 11.9 Å². The topological polar surface area (TPSA) is 32.3 Å². The van der Waals surface area contributed by atoms with Crippen molar-refractivity contribution in [3.05, 3.63) is 58.4 Å². The van der Waals surface area contributed by atoms with Gasteiger partial charge < -0.3 is 10.4 Å². The summed E-state index contributed by atoms with van der Waals surface area (Å²) in [5, 5.41) is 13.5. The Hall–Kier alpha value is -2.03. The normalized spacial score (nSPS) is 20.4. The van der Waals surface area contributed by atoms with Crippen molar-refractivity contribution in [2.24, 2.45) is 0 Å². The summed E-state index contributed by atoms with van der Waals surface area (Å²) >= 11 is 0. The van der Waals surface area contributed by atoms with Gasteiger partial charge in [-0.2, -0.15) is 0 Å². The predicted octanol–water partition coefficient (Wildman–Crippen LogP) is 4.81. The molecule has 0 saturated carbocycles. The summed E-state index contributed by atoms with van der Waals surface area (Å²) in [6.07, 6.45) is 0.862. The molecule has 2 unspecified atom stereocenters. The van der Waals surface area contributed by atoms with Crippen LogP contribution < -0.4 is 5.32 Å². The first-order valence-corrected chi connectivity index (χ1v) is 7.32. The van der Waals surface area contributed by atoms with Crippen molar-refractivity contribution in [3.63, 3.8) is 0 Å². The molecule has 0 spiro atoms. The summed E-state index contributed by atoms with van der Waals surface area (Å²) in [4.78, 5) is 0. The molecule has 0 radical (unpaired) electrons. The van der Waals surface area contributed by atoms with Gasteiger partial charge in [0, 0.05) is 5.56 Å². The smallest absolute Gasteiger partial charge is 0.146 e. The minimum atomic E-state index is -0.247. The Labute approximate surface area is 124 Å². The lowest BCUT2D eigenvalue weighted by atomic mass is 9.97. The molecule has 0 saturated heterocycles. The molecule has 0 heterocycles. The van der Waals surface area contributed by atoms with Crippen molar-refractivity contribution in [2.45, 2.75) is 39.2 Å². The Kier molecular flexibility index (Phi) is 3.36. The lowest BCUT2D eigenvalue weighted by Crippen LogP contribution is -2.09. The lowest BCUT2D eigenvalue weighted by molar-refractivity contribution is 0.465. The zero-order valence-electron chi connectivity index (χ0n) is 12.6. The molecule has 0 amide bonds. The van der Waals surface area contributed by atoms with E-state index in [9.17, 15) is 9.50 Å². The summed E-state index contributed by atoms with van der Waals surface area (Å²) in [5.74, 6) is 0.409. The number of nitrogens with one attached hydrogen (secondary N) is 1. The standard InChI is InChI=1S/C18H20FNO/c1-10-4-6-14(13(19)8-10)20-15-9-12(3)17-11(2)5-7-16(21)18(15)17/h4-8,12,15,20-21H,9H2,1-3H3. The molecule has 0 bridgehead atoms. The number of hydrogen-bond donors (Lipinski definition) is 2. The van der Waals surface area contributed by atoms with Gasteiger partial charge in [-0.05, 0) is 61.1 Å². The van der Waals surface area contributed by atoms with E-state index in [0.717, 1.165) is 17.5 Å². The van der Waals surface area contributed by atoms with Crippen LogP contribution in [0.5, 0.6) is 5.75 Å². The minimum Gasteiger partial charge on any atom is -0.508 e. The number of rotatable bonds is 2. The highest BCUT2D eigenvalue weighted by atomic mass is 19.1. The first-order chi connectivity index (χ1) is 9.97. The Morgan fingerprint density at radius 1 is 1.14 bits per heavy atom. The molecule has 110 valence electrons. The van der Waals surface area contributed by atoms with E-state index in [2.05, 4.69) is 19.2 Å². The molecule has 2 nitrogen and oxygen atoms in total. The fraction of sp³-hybridized carbons (Fsp3) is 0.333. The van der Waals surface area contributed by atoms with Gasteiger partial charge in [0.2, 0.25) is 0 Å². The molecule has 1 aliphatic rings. The summed E-state index contributed by atoms with van der Waals surface area (Å²) in [6.45, 7) is 6.08. The average molecular weight is 285 g/mol. The number of aryl methyl sites for hydroxylation is 2. The number of anilines is 1. The van der Waals surface area contributed by atoms with Crippen molar-refractivity contribution in [2.75, 3.05) is 5.32 Å². The summed E-state index contributed by atoms with van der Waals surface area (Å²) < 4.78 is 14.0. The van der Waals surface area contributed by atoms with Gasteiger partial charge in [0.15, 0.2) is 0 Å². The highest BCUT2D eigenvalue weighted by molar-refractivity contribution is 5.56. The third kappa shape index (κ3) is 2.37. The molecular formula is C18H20FNO. The molecule has 0 aromatic heterocycles. The second-order valence-corrected chi connectivity index (χ2v) is 6.05. The fourth-order valence-corrected chi connectivity index (χ4v) is 3.40. The van der Waals surface area contributed by atoms with Gasteiger partial charge in [-0.3, -0.25) is 0 Å². The van der Waals surface area contributed by atoms with Crippen molar-refractivity contribution in [1.82, 2.24) is 0 Å². The van der Waals surface area contributed by atoms with Crippen LogP contribution in [0.3, 0.4) is 0 Å². The highest BCUT2D eigenvalue weighted by Gasteiger charge is 2.32. The van der Waals surface area contributed by atoms with E-state index in [1.165, 1.54) is 17.2 Å². The maximum atomic E-state index is 14.0. The third-order valence-corrected chi connectivity index (χ3v) is 4.37. The molecule has 2 aromatic carbocycles. The Bertz CT molecular complexity index is 696. The first kappa shape index (κ1) is 13.9. The molecule has 21 heavy (non-hydrogen) atoms. The fourth-order valence-electron chi connectivity index (χ4n) is 3.40. The lowest BCUT2D eigenvalue weighted by Gasteiger charge is -2.18. The third-order valence-electron chi connectivity index (χ3n) is 4.37. The van der Waals surface area contributed by atoms with E-state index < -0.39 is 0 Å². The average Bonchev–Trinajstić information content (AvgIpc) is 2.75. The predicted molar refractivity (Wildman–Crippen MR) is 83.4 cm³/mol. The summed E-state index contributed by atoms with van der Waals surface area (Å²) in [5.41, 5.74) is 4.69. The van der Waals surface area contributed by atoms with Gasteiger partial charge in [0.25, 0.3) is 0 Å². The second-order valence-electron chi connectivity index (χ2n) is 6.05. The molecule has 2 atom stereocenters. The summed E-state index contributed by atoms with van der Waals surface area (Å²) in [7, 11) is 0. The quantitative estimate of drug-likeness (QED) is 0.830. The molecule has 0 aliphatic heterocycles. The summed E-state index contributed by atoms with van der Waals surface area (Å²) in [6, 6.07) is 8.80. The van der Waals surface area contributed by atoms with Gasteiger partial charge >= 0.3 is 0 Å². The molecule has 0 fully saturated rings. The van der Waals surface area contributed by atoms with Crippen molar-refractivity contribution in [1.29, 1.82) is 0 Å². The number of benzene rings is 2. The van der Waals surface area contributed by atoms with Crippen molar-refractivity contribution >= 4 is 5.69 Å². The Morgan fingerprint density at radius 3 is 2.62 bits per heavy atom. The largest absolute Gasteiger partial charge is 0.508 e.